The fraction of sp³-hybridized carbons (Fsp3) is 0.400. The molecule has 1 aromatic carbocycles. The maximum atomic E-state index is 12.6. The highest BCUT2D eigenvalue weighted by molar-refractivity contribution is 7.89. The van der Waals surface area contributed by atoms with Gasteiger partial charge in [-0.2, -0.15) is 5.10 Å². The van der Waals surface area contributed by atoms with E-state index in [1.807, 2.05) is 20.8 Å². The quantitative estimate of drug-likeness (QED) is 0.930. The summed E-state index contributed by atoms with van der Waals surface area (Å²) >= 11 is 5.82. The molecule has 7 heteroatoms. The third-order valence-electron chi connectivity index (χ3n) is 3.17. The smallest absolute Gasteiger partial charge is 0.244 e. The van der Waals surface area contributed by atoms with Gasteiger partial charge >= 0.3 is 0 Å². The minimum Gasteiger partial charge on any atom is -0.274 e. The van der Waals surface area contributed by atoms with Gasteiger partial charge in [-0.15, -0.1) is 0 Å². The van der Waals surface area contributed by atoms with E-state index in [0.29, 0.717) is 10.7 Å². The predicted molar refractivity (Wildman–Crippen MR) is 87.4 cm³/mol. The molecule has 0 fully saturated rings. The fourth-order valence-electron chi connectivity index (χ4n) is 2.04. The molecular weight excluding hydrogens is 322 g/mol. The lowest BCUT2D eigenvalue weighted by molar-refractivity contribution is 0.535. The Morgan fingerprint density at radius 1 is 1.23 bits per heavy atom. The first-order chi connectivity index (χ1) is 10.1. The molecule has 1 aromatic heterocycles. The Morgan fingerprint density at radius 2 is 1.82 bits per heavy atom. The van der Waals surface area contributed by atoms with Crippen molar-refractivity contribution >= 4 is 21.6 Å². The van der Waals surface area contributed by atoms with E-state index < -0.39 is 10.0 Å². The van der Waals surface area contributed by atoms with E-state index in [-0.39, 0.29) is 16.9 Å². The van der Waals surface area contributed by atoms with Crippen LogP contribution in [0.25, 0.3) is 0 Å². The molecule has 0 saturated heterocycles. The van der Waals surface area contributed by atoms with Crippen LogP contribution in [0.5, 0.6) is 0 Å². The van der Waals surface area contributed by atoms with Crippen LogP contribution in [0.15, 0.2) is 35.4 Å². The van der Waals surface area contributed by atoms with Gasteiger partial charge in [0, 0.05) is 30.2 Å². The van der Waals surface area contributed by atoms with Crippen molar-refractivity contribution in [3.8, 4) is 0 Å². The third-order valence-corrected chi connectivity index (χ3v) is 4.83. The van der Waals surface area contributed by atoms with Crippen LogP contribution in [0.3, 0.4) is 0 Å². The summed E-state index contributed by atoms with van der Waals surface area (Å²) in [6.45, 7) is 6.02. The van der Waals surface area contributed by atoms with Crippen molar-refractivity contribution in [2.24, 2.45) is 7.05 Å². The summed E-state index contributed by atoms with van der Waals surface area (Å²) in [4.78, 5) is 0.219. The van der Waals surface area contributed by atoms with Gasteiger partial charge in [0.1, 0.15) is 4.90 Å². The standard InChI is InChI=1S/C15H20ClN3O2S/c1-15(2,3)14-13(10-19(4)18-14)22(20,21)17-9-11-5-7-12(16)8-6-11/h5-8,10,17H,9H2,1-4H3. The molecule has 1 N–H and O–H groups in total. The minimum absolute atomic E-state index is 0.206. The van der Waals surface area contributed by atoms with E-state index in [0.717, 1.165) is 5.56 Å². The molecular formula is C15H20ClN3O2S. The Kier molecular flexibility index (Phi) is 4.65. The SMILES string of the molecule is Cn1cc(S(=O)(=O)NCc2ccc(Cl)cc2)c(C(C)(C)C)n1. The summed E-state index contributed by atoms with van der Waals surface area (Å²) < 4.78 is 29.3. The van der Waals surface area contributed by atoms with Gasteiger partial charge in [0.05, 0.1) is 5.69 Å². The number of sulfonamides is 1. The Labute approximate surface area is 136 Å². The zero-order valence-electron chi connectivity index (χ0n) is 13.1. The van der Waals surface area contributed by atoms with E-state index in [1.165, 1.54) is 10.9 Å². The Morgan fingerprint density at radius 3 is 2.36 bits per heavy atom. The number of aromatic nitrogens is 2. The number of hydrogen-bond acceptors (Lipinski definition) is 3. The lowest BCUT2D eigenvalue weighted by atomic mass is 9.92. The monoisotopic (exact) mass is 341 g/mol. The molecule has 2 aromatic rings. The zero-order chi connectivity index (χ0) is 16.5. The average molecular weight is 342 g/mol. The lowest BCUT2D eigenvalue weighted by Crippen LogP contribution is -2.26. The van der Waals surface area contributed by atoms with Crippen molar-refractivity contribution in [2.45, 2.75) is 37.6 Å². The predicted octanol–water partition coefficient (Wildman–Crippen LogP) is 2.85. The Balaban J connectivity index is 2.26. The van der Waals surface area contributed by atoms with Gasteiger partial charge in [0.15, 0.2) is 0 Å². The van der Waals surface area contributed by atoms with Crippen molar-refractivity contribution in [3.63, 3.8) is 0 Å². The van der Waals surface area contributed by atoms with Crippen LogP contribution in [0.4, 0.5) is 0 Å². The molecule has 22 heavy (non-hydrogen) atoms. The minimum atomic E-state index is -3.63. The molecule has 0 atom stereocenters. The number of halogens is 1. The van der Waals surface area contributed by atoms with Crippen molar-refractivity contribution < 1.29 is 8.42 Å². The van der Waals surface area contributed by atoms with Gasteiger partial charge in [-0.05, 0) is 17.7 Å². The summed E-state index contributed by atoms with van der Waals surface area (Å²) in [5, 5.41) is 4.91. The van der Waals surface area contributed by atoms with Gasteiger partial charge in [-0.1, -0.05) is 44.5 Å². The number of hydrogen-bond donors (Lipinski definition) is 1. The first kappa shape index (κ1) is 17.0. The number of aryl methyl sites for hydroxylation is 1. The van der Waals surface area contributed by atoms with Crippen LogP contribution in [-0.2, 0) is 29.0 Å². The molecule has 0 unspecified atom stereocenters. The molecule has 0 aliphatic carbocycles. The van der Waals surface area contributed by atoms with Gasteiger partial charge in [0.2, 0.25) is 10.0 Å². The zero-order valence-corrected chi connectivity index (χ0v) is 14.7. The molecule has 0 amide bonds. The lowest BCUT2D eigenvalue weighted by Gasteiger charge is -2.17. The number of rotatable bonds is 4. The second-order valence-corrected chi connectivity index (χ2v) is 8.39. The highest BCUT2D eigenvalue weighted by Crippen LogP contribution is 2.27. The topological polar surface area (TPSA) is 64.0 Å². The van der Waals surface area contributed by atoms with Gasteiger partial charge < -0.3 is 0 Å². The second-order valence-electron chi connectivity index (χ2n) is 6.22. The molecule has 0 bridgehead atoms. The Bertz CT molecular complexity index is 759. The number of benzene rings is 1. The van der Waals surface area contributed by atoms with Crippen LogP contribution in [-0.4, -0.2) is 18.2 Å². The second kappa shape index (κ2) is 6.02. The molecule has 0 aliphatic rings. The van der Waals surface area contributed by atoms with Crippen LogP contribution >= 0.6 is 11.6 Å². The maximum absolute atomic E-state index is 12.6. The van der Waals surface area contributed by atoms with Gasteiger partial charge in [0.25, 0.3) is 0 Å². The summed E-state index contributed by atoms with van der Waals surface area (Å²) in [6, 6.07) is 7.04. The Hall–Kier alpha value is -1.37. The third kappa shape index (κ3) is 3.88. The van der Waals surface area contributed by atoms with E-state index in [2.05, 4.69) is 9.82 Å². The summed E-state index contributed by atoms with van der Waals surface area (Å²) in [6.07, 6.45) is 1.53. The molecule has 0 aliphatic heterocycles. The molecule has 1 heterocycles. The van der Waals surface area contributed by atoms with Crippen LogP contribution in [0, 0.1) is 0 Å². The highest BCUT2D eigenvalue weighted by atomic mass is 35.5. The summed E-state index contributed by atoms with van der Waals surface area (Å²) in [5.41, 5.74) is 1.04. The van der Waals surface area contributed by atoms with Crippen molar-refractivity contribution in [1.29, 1.82) is 0 Å². The molecule has 0 spiro atoms. The molecule has 5 nitrogen and oxygen atoms in total. The van der Waals surface area contributed by atoms with Gasteiger partial charge in [-0.25, -0.2) is 13.1 Å². The fourth-order valence-corrected chi connectivity index (χ4v) is 3.57. The van der Waals surface area contributed by atoms with Crippen molar-refractivity contribution in [2.75, 3.05) is 0 Å². The van der Waals surface area contributed by atoms with Crippen molar-refractivity contribution in [3.05, 3.63) is 46.7 Å². The van der Waals surface area contributed by atoms with E-state index in [4.69, 9.17) is 11.6 Å². The van der Waals surface area contributed by atoms with E-state index >= 15 is 0 Å². The van der Waals surface area contributed by atoms with E-state index in [1.54, 1.807) is 31.3 Å². The maximum Gasteiger partial charge on any atom is 0.244 e. The summed E-state index contributed by atoms with van der Waals surface area (Å²) in [5.74, 6) is 0. The number of nitrogens with zero attached hydrogens (tertiary/aromatic N) is 2. The largest absolute Gasteiger partial charge is 0.274 e. The summed E-state index contributed by atoms with van der Waals surface area (Å²) in [7, 11) is -1.91. The molecule has 0 radical (unpaired) electrons. The average Bonchev–Trinajstić information content (AvgIpc) is 2.81. The molecule has 0 saturated carbocycles. The van der Waals surface area contributed by atoms with E-state index in [9.17, 15) is 8.42 Å². The van der Waals surface area contributed by atoms with Crippen LogP contribution in [0.2, 0.25) is 5.02 Å². The first-order valence-corrected chi connectivity index (χ1v) is 8.74. The number of nitrogens with one attached hydrogen (secondary N) is 1. The van der Waals surface area contributed by atoms with Gasteiger partial charge in [-0.3, -0.25) is 4.68 Å². The molecule has 2 rings (SSSR count). The first-order valence-electron chi connectivity index (χ1n) is 6.88. The van der Waals surface area contributed by atoms with Crippen LogP contribution in [0.1, 0.15) is 32.0 Å². The van der Waals surface area contributed by atoms with Crippen molar-refractivity contribution in [1.82, 2.24) is 14.5 Å². The van der Waals surface area contributed by atoms with Crippen LogP contribution < -0.4 is 4.72 Å². The highest BCUT2D eigenvalue weighted by Gasteiger charge is 2.29. The normalized spacial score (nSPS) is 12.6. The molecule has 120 valence electrons.